The number of hydrogen-bond donors (Lipinski definition) is 2. The van der Waals surface area contributed by atoms with E-state index in [4.69, 9.17) is 10.8 Å². The number of carboxylic acid groups (broad SMARTS) is 1. The van der Waals surface area contributed by atoms with Crippen molar-refractivity contribution < 1.29 is 9.90 Å². The fourth-order valence-corrected chi connectivity index (χ4v) is 0.421. The quantitative estimate of drug-likeness (QED) is 0.539. The summed E-state index contributed by atoms with van der Waals surface area (Å²) < 4.78 is 0. The monoisotopic (exact) mass is 129 g/mol. The summed E-state index contributed by atoms with van der Waals surface area (Å²) in [6.45, 7) is 3.44. The number of allylic oxidation sites excluding steroid dienone is 1. The third-order valence-corrected chi connectivity index (χ3v) is 0.999. The fourth-order valence-electron chi connectivity index (χ4n) is 0.421. The van der Waals surface area contributed by atoms with Gasteiger partial charge in [-0.25, -0.2) is 0 Å². The summed E-state index contributed by atoms with van der Waals surface area (Å²) in [5, 5.41) is 8.25. The number of nitrogens with two attached hydrogens (primary N) is 1. The summed E-state index contributed by atoms with van der Waals surface area (Å²) >= 11 is 0. The first-order chi connectivity index (χ1) is 4.18. The molecule has 0 amide bonds. The van der Waals surface area contributed by atoms with E-state index in [9.17, 15) is 4.79 Å². The normalized spacial score (nSPS) is 12.6. The van der Waals surface area contributed by atoms with Gasteiger partial charge in [0.25, 0.3) is 0 Å². The molecule has 0 saturated heterocycles. The third kappa shape index (κ3) is 3.73. The van der Waals surface area contributed by atoms with Crippen molar-refractivity contribution in [2.75, 3.05) is 0 Å². The van der Waals surface area contributed by atoms with Crippen molar-refractivity contribution in [1.82, 2.24) is 0 Å². The molecule has 0 aliphatic heterocycles. The standard InChI is InChI=1S/C6H11NO2/c1-2-3-4-5(7)6(8)9/h2,5H,1,3-4,7H2,(H,8,9). The number of rotatable bonds is 4. The maximum Gasteiger partial charge on any atom is 0.320 e. The van der Waals surface area contributed by atoms with Gasteiger partial charge in [-0.1, -0.05) is 6.08 Å². The van der Waals surface area contributed by atoms with Crippen molar-refractivity contribution in [3.05, 3.63) is 12.7 Å². The Morgan fingerprint density at radius 2 is 2.44 bits per heavy atom. The van der Waals surface area contributed by atoms with Gasteiger partial charge in [-0.3, -0.25) is 4.79 Å². The molecule has 0 saturated carbocycles. The summed E-state index contributed by atoms with van der Waals surface area (Å²) in [7, 11) is 0. The van der Waals surface area contributed by atoms with Crippen LogP contribution in [0.1, 0.15) is 12.8 Å². The first-order valence-corrected chi connectivity index (χ1v) is 2.77. The Labute approximate surface area is 54.2 Å². The van der Waals surface area contributed by atoms with Crippen LogP contribution in [0, 0.1) is 0 Å². The molecule has 0 bridgehead atoms. The summed E-state index contributed by atoms with van der Waals surface area (Å²) in [5.41, 5.74) is 5.16. The Bertz CT molecular complexity index is 112. The first kappa shape index (κ1) is 8.17. The zero-order chi connectivity index (χ0) is 7.28. The van der Waals surface area contributed by atoms with Gasteiger partial charge in [0.1, 0.15) is 6.04 Å². The summed E-state index contributed by atoms with van der Waals surface area (Å²) in [4.78, 5) is 10.0. The zero-order valence-corrected chi connectivity index (χ0v) is 5.21. The fraction of sp³-hybridized carbons (Fsp3) is 0.500. The Balaban J connectivity index is 3.37. The maximum absolute atomic E-state index is 10.0. The van der Waals surface area contributed by atoms with Crippen molar-refractivity contribution in [2.45, 2.75) is 18.9 Å². The van der Waals surface area contributed by atoms with Crippen LogP contribution in [0.4, 0.5) is 0 Å². The molecular formula is C6H11NO2. The minimum absolute atomic E-state index is 0.471. The molecule has 0 aliphatic carbocycles. The predicted octanol–water partition coefficient (Wildman–Crippen LogP) is 0.365. The summed E-state index contributed by atoms with van der Waals surface area (Å²) in [5.74, 6) is -0.947. The van der Waals surface area contributed by atoms with Gasteiger partial charge in [0.05, 0.1) is 0 Å². The van der Waals surface area contributed by atoms with Crippen LogP contribution >= 0.6 is 0 Å². The van der Waals surface area contributed by atoms with Crippen LogP contribution in [0.5, 0.6) is 0 Å². The lowest BCUT2D eigenvalue weighted by atomic mass is 10.2. The van der Waals surface area contributed by atoms with Gasteiger partial charge in [-0.2, -0.15) is 0 Å². The molecule has 0 rings (SSSR count). The Hall–Kier alpha value is -0.830. The Morgan fingerprint density at radius 1 is 1.89 bits per heavy atom. The first-order valence-electron chi connectivity index (χ1n) is 2.77. The van der Waals surface area contributed by atoms with Crippen LogP contribution in [0.25, 0.3) is 0 Å². The van der Waals surface area contributed by atoms with Gasteiger partial charge in [-0.05, 0) is 12.8 Å². The number of carbonyl (C=O) groups is 1. The molecule has 0 aromatic rings. The van der Waals surface area contributed by atoms with Crippen LogP contribution in [-0.4, -0.2) is 17.1 Å². The SMILES string of the molecule is C=CCCC(N)C(=O)O. The lowest BCUT2D eigenvalue weighted by Crippen LogP contribution is -2.29. The highest BCUT2D eigenvalue weighted by molar-refractivity contribution is 5.72. The van der Waals surface area contributed by atoms with Crippen LogP contribution < -0.4 is 5.73 Å². The lowest BCUT2D eigenvalue weighted by Gasteiger charge is -2.01. The van der Waals surface area contributed by atoms with Gasteiger partial charge in [0, 0.05) is 0 Å². The van der Waals surface area contributed by atoms with Crippen molar-refractivity contribution in [2.24, 2.45) is 5.73 Å². The van der Waals surface area contributed by atoms with Gasteiger partial charge in [-0.15, -0.1) is 6.58 Å². The molecule has 0 aliphatic rings. The average Bonchev–Trinajstić information content (AvgIpc) is 1.82. The van der Waals surface area contributed by atoms with Gasteiger partial charge >= 0.3 is 5.97 Å². The van der Waals surface area contributed by atoms with Gasteiger partial charge in [0.15, 0.2) is 0 Å². The molecule has 1 atom stereocenters. The molecule has 3 N–H and O–H groups in total. The molecule has 0 aromatic carbocycles. The van der Waals surface area contributed by atoms with Gasteiger partial charge < -0.3 is 10.8 Å². The molecule has 3 heteroatoms. The highest BCUT2D eigenvalue weighted by Crippen LogP contribution is 1.93. The van der Waals surface area contributed by atoms with E-state index in [1.807, 2.05) is 0 Å². The zero-order valence-electron chi connectivity index (χ0n) is 5.21. The second kappa shape index (κ2) is 4.09. The Kier molecular flexibility index (Phi) is 3.71. The van der Waals surface area contributed by atoms with E-state index in [0.29, 0.717) is 12.8 Å². The predicted molar refractivity (Wildman–Crippen MR) is 35.0 cm³/mol. The number of carboxylic acids is 1. The van der Waals surface area contributed by atoms with Crippen LogP contribution in [-0.2, 0) is 4.79 Å². The third-order valence-electron chi connectivity index (χ3n) is 0.999. The highest BCUT2D eigenvalue weighted by Gasteiger charge is 2.08. The van der Waals surface area contributed by atoms with E-state index in [1.165, 1.54) is 0 Å². The van der Waals surface area contributed by atoms with E-state index in [1.54, 1.807) is 6.08 Å². The van der Waals surface area contributed by atoms with Crippen LogP contribution in [0.3, 0.4) is 0 Å². The minimum atomic E-state index is -0.947. The molecular weight excluding hydrogens is 118 g/mol. The van der Waals surface area contributed by atoms with E-state index in [0.717, 1.165) is 0 Å². The molecule has 0 fully saturated rings. The average molecular weight is 129 g/mol. The molecule has 0 aromatic heterocycles. The molecule has 0 spiro atoms. The lowest BCUT2D eigenvalue weighted by molar-refractivity contribution is -0.138. The summed E-state index contributed by atoms with van der Waals surface area (Å²) in [6.07, 6.45) is 2.79. The molecule has 1 unspecified atom stereocenters. The van der Waals surface area contributed by atoms with Crippen LogP contribution in [0.2, 0.25) is 0 Å². The summed E-state index contributed by atoms with van der Waals surface area (Å²) in [6, 6.07) is -0.733. The van der Waals surface area contributed by atoms with E-state index >= 15 is 0 Å². The molecule has 3 nitrogen and oxygen atoms in total. The smallest absolute Gasteiger partial charge is 0.320 e. The van der Waals surface area contributed by atoms with E-state index in [2.05, 4.69) is 6.58 Å². The molecule has 0 radical (unpaired) electrons. The van der Waals surface area contributed by atoms with Crippen molar-refractivity contribution in [1.29, 1.82) is 0 Å². The van der Waals surface area contributed by atoms with Crippen molar-refractivity contribution in [3.63, 3.8) is 0 Å². The maximum atomic E-state index is 10.0. The number of hydrogen-bond acceptors (Lipinski definition) is 2. The topological polar surface area (TPSA) is 63.3 Å². The largest absolute Gasteiger partial charge is 0.480 e. The minimum Gasteiger partial charge on any atom is -0.480 e. The molecule has 9 heavy (non-hydrogen) atoms. The van der Waals surface area contributed by atoms with Crippen molar-refractivity contribution >= 4 is 5.97 Å². The second-order valence-electron chi connectivity index (χ2n) is 1.81. The van der Waals surface area contributed by atoms with E-state index in [-0.39, 0.29) is 0 Å². The highest BCUT2D eigenvalue weighted by atomic mass is 16.4. The number of aliphatic carboxylic acids is 1. The van der Waals surface area contributed by atoms with E-state index < -0.39 is 12.0 Å². The molecule has 0 heterocycles. The molecule has 52 valence electrons. The second-order valence-corrected chi connectivity index (χ2v) is 1.81. The van der Waals surface area contributed by atoms with Crippen LogP contribution in [0.15, 0.2) is 12.7 Å². The van der Waals surface area contributed by atoms with Crippen molar-refractivity contribution in [3.8, 4) is 0 Å². The van der Waals surface area contributed by atoms with Gasteiger partial charge in [0.2, 0.25) is 0 Å². The Morgan fingerprint density at radius 3 is 2.78 bits per heavy atom.